The van der Waals surface area contributed by atoms with Crippen molar-refractivity contribution in [1.82, 2.24) is 9.55 Å². The van der Waals surface area contributed by atoms with Crippen molar-refractivity contribution in [3.8, 4) is 0 Å². The van der Waals surface area contributed by atoms with Gasteiger partial charge < -0.3 is 24.4 Å². The van der Waals surface area contributed by atoms with E-state index < -0.39 is 50.3 Å². The summed E-state index contributed by atoms with van der Waals surface area (Å²) in [7, 11) is -2.96. The monoisotopic (exact) mass is 579 g/mol. The summed E-state index contributed by atoms with van der Waals surface area (Å²) in [5.41, 5.74) is 5.04. The molecule has 0 amide bonds. The van der Waals surface area contributed by atoms with E-state index in [1.165, 1.54) is 30.7 Å². The number of nitrogens with two attached hydrogens (primary N) is 1. The summed E-state index contributed by atoms with van der Waals surface area (Å²) in [6, 6.07) is 21.7. The number of carbonyl (C=O) groups excluding carboxylic acids is 2. The first-order chi connectivity index (χ1) is 19.4. The number of nitrogens with zero attached hydrogens (tertiary/aromatic N) is 2. The molecule has 0 aliphatic carbocycles. The number of carbonyl (C=O) groups is 2. The maximum Gasteiger partial charge on any atom is 0.351 e. The molecule has 4 rings (SSSR count). The second-order valence-electron chi connectivity index (χ2n) is 11.1. The zero-order valence-corrected chi connectivity index (χ0v) is 25.0. The quantitative estimate of drug-likeness (QED) is 0.300. The number of aromatic nitrogens is 2. The van der Waals surface area contributed by atoms with Gasteiger partial charge in [-0.25, -0.2) is 4.79 Å². The van der Waals surface area contributed by atoms with Crippen LogP contribution in [0.4, 0.5) is 5.82 Å². The van der Waals surface area contributed by atoms with Gasteiger partial charge in [0.15, 0.2) is 12.3 Å². The Kier molecular flexibility index (Phi) is 9.10. The Morgan fingerprint density at radius 3 is 2.02 bits per heavy atom. The average Bonchev–Trinajstić information content (AvgIpc) is 3.24. The molecule has 0 spiro atoms. The molecule has 11 heteroatoms. The smallest absolute Gasteiger partial charge is 0.351 e. The van der Waals surface area contributed by atoms with Gasteiger partial charge in [-0.05, 0) is 21.5 Å². The summed E-state index contributed by atoms with van der Waals surface area (Å²) < 4.78 is 25.8. The molecule has 218 valence electrons. The highest BCUT2D eigenvalue weighted by Gasteiger charge is 2.53. The van der Waals surface area contributed by atoms with Crippen molar-refractivity contribution in [2.24, 2.45) is 5.92 Å². The summed E-state index contributed by atoms with van der Waals surface area (Å²) >= 11 is 0. The molecule has 0 radical (unpaired) electrons. The van der Waals surface area contributed by atoms with Gasteiger partial charge >= 0.3 is 17.6 Å². The zero-order valence-electron chi connectivity index (χ0n) is 24.0. The lowest BCUT2D eigenvalue weighted by Crippen LogP contribution is -2.67. The molecule has 1 aliphatic heterocycles. The fraction of sp³-hybridized carbons (Fsp3) is 0.400. The molecule has 41 heavy (non-hydrogen) atoms. The fourth-order valence-electron chi connectivity index (χ4n) is 5.51. The largest absolute Gasteiger partial charge is 0.465 e. The van der Waals surface area contributed by atoms with Gasteiger partial charge in [-0.1, -0.05) is 81.4 Å². The lowest BCUT2D eigenvalue weighted by Gasteiger charge is -2.43. The van der Waals surface area contributed by atoms with E-state index in [1.807, 2.05) is 36.4 Å². The minimum Gasteiger partial charge on any atom is -0.465 e. The van der Waals surface area contributed by atoms with Gasteiger partial charge in [0.25, 0.3) is 8.32 Å². The third-order valence-electron chi connectivity index (χ3n) is 7.28. The van der Waals surface area contributed by atoms with Crippen LogP contribution >= 0.6 is 0 Å². The normalized spacial score (nSPS) is 20.9. The first-order valence-corrected chi connectivity index (χ1v) is 15.4. The Morgan fingerprint density at radius 2 is 1.54 bits per heavy atom. The van der Waals surface area contributed by atoms with E-state index in [1.54, 1.807) is 0 Å². The molecule has 2 heterocycles. The van der Waals surface area contributed by atoms with Crippen LogP contribution in [0.2, 0.25) is 5.04 Å². The second kappa shape index (κ2) is 12.4. The van der Waals surface area contributed by atoms with E-state index in [0.29, 0.717) is 0 Å². The van der Waals surface area contributed by atoms with E-state index in [2.05, 4.69) is 50.0 Å². The maximum absolute atomic E-state index is 12.8. The Hall–Kier alpha value is -3.80. The van der Waals surface area contributed by atoms with Crippen LogP contribution in [0.1, 0.15) is 40.8 Å². The Labute approximate surface area is 240 Å². The Bertz CT molecular complexity index is 1370. The highest BCUT2D eigenvalue weighted by atomic mass is 28.4. The van der Waals surface area contributed by atoms with Crippen molar-refractivity contribution < 1.29 is 28.2 Å². The van der Waals surface area contributed by atoms with Gasteiger partial charge in [-0.2, -0.15) is 4.98 Å². The van der Waals surface area contributed by atoms with E-state index >= 15 is 0 Å². The van der Waals surface area contributed by atoms with Crippen LogP contribution in [0.25, 0.3) is 0 Å². The molecule has 10 nitrogen and oxygen atoms in total. The molecule has 1 saturated heterocycles. The summed E-state index contributed by atoms with van der Waals surface area (Å²) in [5, 5.41) is 1.87. The predicted molar refractivity (Wildman–Crippen MR) is 156 cm³/mol. The summed E-state index contributed by atoms with van der Waals surface area (Å²) in [5.74, 6) is -1.64. The molecule has 0 unspecified atom stereocenters. The third kappa shape index (κ3) is 6.42. The number of ether oxygens (including phenoxy) is 3. The topological polar surface area (TPSA) is 132 Å². The number of esters is 2. The van der Waals surface area contributed by atoms with Crippen LogP contribution in [-0.2, 0) is 28.2 Å². The van der Waals surface area contributed by atoms with Crippen LogP contribution in [0, 0.1) is 5.92 Å². The lowest BCUT2D eigenvalue weighted by molar-refractivity contribution is -0.155. The molecule has 4 atom stereocenters. The summed E-state index contributed by atoms with van der Waals surface area (Å²) in [6.07, 6.45) is -1.24. The number of hydrogen-bond acceptors (Lipinski definition) is 9. The van der Waals surface area contributed by atoms with Crippen LogP contribution in [0.5, 0.6) is 0 Å². The zero-order chi connectivity index (χ0) is 29.8. The van der Waals surface area contributed by atoms with Gasteiger partial charge in [0.2, 0.25) is 0 Å². The van der Waals surface area contributed by atoms with Crippen LogP contribution in [0.3, 0.4) is 0 Å². The predicted octanol–water partition coefficient (Wildman–Crippen LogP) is 2.41. The standard InChI is InChI=1S/C30H37N3O7Si/c1-20(34)37-18-24-25(40-28(27(24)39-21(2)35)33-17-16-26(31)32-29(33)36)19-38-41(30(3,4)5,22-12-8-6-9-13-22)23-14-10-7-11-15-23/h6-17,24-25,27-28H,18-19H2,1-5H3,(H2,31,32,36)/t24-,25-,27-,28-/m1/s1. The van der Waals surface area contributed by atoms with Gasteiger partial charge in [-0.3, -0.25) is 14.2 Å². The molecule has 1 fully saturated rings. The van der Waals surface area contributed by atoms with E-state index in [0.717, 1.165) is 10.4 Å². The average molecular weight is 580 g/mol. The number of rotatable bonds is 9. The van der Waals surface area contributed by atoms with Crippen molar-refractivity contribution in [3.63, 3.8) is 0 Å². The molecule has 3 aromatic rings. The lowest BCUT2D eigenvalue weighted by atomic mass is 9.99. The van der Waals surface area contributed by atoms with Gasteiger partial charge in [-0.15, -0.1) is 0 Å². The molecule has 0 saturated carbocycles. The summed E-state index contributed by atoms with van der Waals surface area (Å²) in [6.45, 7) is 9.05. The van der Waals surface area contributed by atoms with Crippen LogP contribution in [0.15, 0.2) is 77.7 Å². The molecule has 1 aromatic heterocycles. The van der Waals surface area contributed by atoms with Crippen molar-refractivity contribution in [3.05, 3.63) is 83.4 Å². The number of nitrogen functional groups attached to an aromatic ring is 1. The highest BCUT2D eigenvalue weighted by molar-refractivity contribution is 6.99. The molecule has 0 bridgehead atoms. The van der Waals surface area contributed by atoms with Crippen molar-refractivity contribution in [2.75, 3.05) is 18.9 Å². The van der Waals surface area contributed by atoms with Gasteiger partial charge in [0, 0.05) is 20.0 Å². The maximum atomic E-state index is 12.8. The third-order valence-corrected chi connectivity index (χ3v) is 12.3. The number of hydrogen-bond donors (Lipinski definition) is 1. The Morgan fingerprint density at radius 1 is 0.951 bits per heavy atom. The highest BCUT2D eigenvalue weighted by Crippen LogP contribution is 2.40. The van der Waals surface area contributed by atoms with E-state index in [9.17, 15) is 14.4 Å². The minimum atomic E-state index is -2.96. The van der Waals surface area contributed by atoms with Gasteiger partial charge in [0.05, 0.1) is 18.6 Å². The SMILES string of the molecule is CC(=O)OC[C@H]1[C@@H](OC(C)=O)[C@H](n2ccc(N)nc2=O)O[C@@H]1CO[Si](c1ccccc1)(c1ccccc1)C(C)(C)C. The first-order valence-electron chi connectivity index (χ1n) is 13.5. The van der Waals surface area contributed by atoms with Crippen molar-refractivity contribution >= 4 is 36.4 Å². The second-order valence-corrected chi connectivity index (χ2v) is 15.4. The summed E-state index contributed by atoms with van der Waals surface area (Å²) in [4.78, 5) is 40.6. The fourth-order valence-corrected chi connectivity index (χ4v) is 10.1. The van der Waals surface area contributed by atoms with Gasteiger partial charge in [0.1, 0.15) is 12.4 Å². The minimum absolute atomic E-state index is 0.0521. The molecule has 1 aliphatic rings. The van der Waals surface area contributed by atoms with Crippen molar-refractivity contribution in [2.45, 2.75) is 58.1 Å². The molecular formula is C30H37N3O7Si. The molecule has 2 aromatic carbocycles. The molecule has 2 N–H and O–H groups in total. The number of anilines is 1. The van der Waals surface area contributed by atoms with Crippen molar-refractivity contribution in [1.29, 1.82) is 0 Å². The van der Waals surface area contributed by atoms with Crippen LogP contribution < -0.4 is 21.8 Å². The molecular weight excluding hydrogens is 542 g/mol. The number of benzene rings is 2. The van der Waals surface area contributed by atoms with E-state index in [-0.39, 0.29) is 24.1 Å². The van der Waals surface area contributed by atoms with E-state index in [4.69, 9.17) is 24.4 Å². The first kappa shape index (κ1) is 30.2. The Balaban J connectivity index is 1.78. The van der Waals surface area contributed by atoms with Crippen LogP contribution in [-0.4, -0.2) is 55.2 Å².